The van der Waals surface area contributed by atoms with Gasteiger partial charge in [0, 0.05) is 6.61 Å². The average Bonchev–Trinajstić information content (AvgIpc) is 2.77. The van der Waals surface area contributed by atoms with E-state index < -0.39 is 0 Å². The van der Waals surface area contributed by atoms with E-state index in [-0.39, 0.29) is 6.04 Å². The average molecular weight is 223 g/mol. The topological polar surface area (TPSA) is 39.7 Å². The predicted octanol–water partition coefficient (Wildman–Crippen LogP) is 1.71. The van der Waals surface area contributed by atoms with Crippen LogP contribution in [0.25, 0.3) is 0 Å². The molecule has 1 aromatic rings. The van der Waals surface area contributed by atoms with Crippen molar-refractivity contribution in [2.24, 2.45) is 0 Å². The highest BCUT2D eigenvalue weighted by atomic mass is 16.7. The van der Waals surface area contributed by atoms with Gasteiger partial charge < -0.3 is 19.5 Å². The Kier molecular flexibility index (Phi) is 3.64. The second-order valence-electron chi connectivity index (χ2n) is 3.61. The van der Waals surface area contributed by atoms with Crippen LogP contribution in [0, 0.1) is 0 Å². The van der Waals surface area contributed by atoms with Crippen LogP contribution in [-0.4, -0.2) is 27.1 Å². The molecule has 88 valence electrons. The molecule has 0 radical (unpaired) electrons. The Labute approximate surface area is 95.5 Å². The van der Waals surface area contributed by atoms with E-state index in [0.29, 0.717) is 13.4 Å². The third-order valence-electron chi connectivity index (χ3n) is 2.64. The van der Waals surface area contributed by atoms with Gasteiger partial charge in [-0.25, -0.2) is 0 Å². The molecule has 0 saturated carbocycles. The van der Waals surface area contributed by atoms with E-state index in [0.717, 1.165) is 23.7 Å². The summed E-state index contributed by atoms with van der Waals surface area (Å²) < 4.78 is 16.0. The van der Waals surface area contributed by atoms with Gasteiger partial charge in [-0.2, -0.15) is 0 Å². The van der Waals surface area contributed by atoms with Gasteiger partial charge in [0.25, 0.3) is 0 Å². The minimum atomic E-state index is 0.189. The van der Waals surface area contributed by atoms with Gasteiger partial charge in [0.15, 0.2) is 11.5 Å². The first-order valence-electron chi connectivity index (χ1n) is 5.49. The molecule has 1 unspecified atom stereocenters. The number of nitrogens with one attached hydrogen (secondary N) is 1. The van der Waals surface area contributed by atoms with Crippen molar-refractivity contribution in [2.45, 2.75) is 13.0 Å². The molecule has 0 bridgehead atoms. The minimum absolute atomic E-state index is 0.189. The van der Waals surface area contributed by atoms with Crippen LogP contribution in [0.3, 0.4) is 0 Å². The predicted molar refractivity (Wildman–Crippen MR) is 60.9 cm³/mol. The third-order valence-corrected chi connectivity index (χ3v) is 2.64. The number of benzene rings is 1. The summed E-state index contributed by atoms with van der Waals surface area (Å²) in [6.45, 7) is 3.69. The molecule has 0 fully saturated rings. The van der Waals surface area contributed by atoms with Crippen molar-refractivity contribution in [2.75, 3.05) is 27.1 Å². The number of likely N-dealkylation sites (N-methyl/N-ethyl adjacent to an activating group) is 1. The maximum absolute atomic E-state index is 5.43. The number of rotatable bonds is 5. The van der Waals surface area contributed by atoms with Crippen molar-refractivity contribution in [1.82, 2.24) is 5.32 Å². The first-order valence-corrected chi connectivity index (χ1v) is 5.49. The Morgan fingerprint density at radius 2 is 2.19 bits per heavy atom. The zero-order chi connectivity index (χ0) is 11.4. The first kappa shape index (κ1) is 11.2. The fourth-order valence-electron chi connectivity index (χ4n) is 1.71. The molecule has 1 atom stereocenters. The lowest BCUT2D eigenvalue weighted by molar-refractivity contribution is 0.125. The van der Waals surface area contributed by atoms with Gasteiger partial charge in [-0.1, -0.05) is 6.07 Å². The standard InChI is InChI=1S/C12H17NO3/c1-3-14-7-10(13-2)9-4-5-11-12(6-9)16-8-15-11/h4-6,10,13H,3,7-8H2,1-2H3. The van der Waals surface area contributed by atoms with Crippen LogP contribution in [0.15, 0.2) is 18.2 Å². The highest BCUT2D eigenvalue weighted by Crippen LogP contribution is 2.34. The van der Waals surface area contributed by atoms with Gasteiger partial charge in [-0.3, -0.25) is 0 Å². The van der Waals surface area contributed by atoms with Crippen molar-refractivity contribution < 1.29 is 14.2 Å². The summed E-state index contributed by atoms with van der Waals surface area (Å²) in [6.07, 6.45) is 0. The highest BCUT2D eigenvalue weighted by Gasteiger charge is 2.16. The molecule has 2 rings (SSSR count). The summed E-state index contributed by atoms with van der Waals surface area (Å²) in [7, 11) is 1.92. The molecular weight excluding hydrogens is 206 g/mol. The first-order chi connectivity index (χ1) is 7.85. The highest BCUT2D eigenvalue weighted by molar-refractivity contribution is 5.45. The lowest BCUT2D eigenvalue weighted by Gasteiger charge is -2.16. The Hall–Kier alpha value is -1.26. The smallest absolute Gasteiger partial charge is 0.231 e. The van der Waals surface area contributed by atoms with Crippen LogP contribution in [-0.2, 0) is 4.74 Å². The Bertz CT molecular complexity index is 354. The van der Waals surface area contributed by atoms with Crippen LogP contribution >= 0.6 is 0 Å². The normalized spacial score (nSPS) is 15.1. The van der Waals surface area contributed by atoms with Crippen molar-refractivity contribution in [1.29, 1.82) is 0 Å². The zero-order valence-electron chi connectivity index (χ0n) is 9.66. The number of hydrogen-bond acceptors (Lipinski definition) is 4. The second-order valence-corrected chi connectivity index (χ2v) is 3.61. The second kappa shape index (κ2) is 5.18. The quantitative estimate of drug-likeness (QED) is 0.825. The van der Waals surface area contributed by atoms with Gasteiger partial charge in [0.05, 0.1) is 12.6 Å². The fraction of sp³-hybridized carbons (Fsp3) is 0.500. The van der Waals surface area contributed by atoms with Gasteiger partial charge in [0.1, 0.15) is 0 Å². The van der Waals surface area contributed by atoms with Crippen LogP contribution in [0.2, 0.25) is 0 Å². The molecule has 4 heteroatoms. The SMILES string of the molecule is CCOCC(NC)c1ccc2c(c1)OCO2. The number of hydrogen-bond donors (Lipinski definition) is 1. The van der Waals surface area contributed by atoms with Crippen LogP contribution in [0.1, 0.15) is 18.5 Å². The van der Waals surface area contributed by atoms with E-state index in [4.69, 9.17) is 14.2 Å². The Morgan fingerprint density at radius 1 is 1.38 bits per heavy atom. The molecule has 1 aliphatic rings. The molecule has 0 spiro atoms. The van der Waals surface area contributed by atoms with E-state index in [1.165, 1.54) is 0 Å². The lowest BCUT2D eigenvalue weighted by Crippen LogP contribution is -2.21. The number of fused-ring (bicyclic) bond motifs is 1. The third kappa shape index (κ3) is 2.28. The van der Waals surface area contributed by atoms with Gasteiger partial charge >= 0.3 is 0 Å². The summed E-state index contributed by atoms with van der Waals surface area (Å²) in [5.74, 6) is 1.63. The molecule has 0 aromatic heterocycles. The molecular formula is C12H17NO3. The molecule has 16 heavy (non-hydrogen) atoms. The van der Waals surface area contributed by atoms with Crippen LogP contribution in [0.4, 0.5) is 0 Å². The van der Waals surface area contributed by atoms with Crippen LogP contribution < -0.4 is 14.8 Å². The summed E-state index contributed by atoms with van der Waals surface area (Å²) in [5, 5.41) is 3.22. The van der Waals surface area contributed by atoms with Gasteiger partial charge in [-0.05, 0) is 31.7 Å². The van der Waals surface area contributed by atoms with Crippen molar-refractivity contribution >= 4 is 0 Å². The molecule has 1 aromatic carbocycles. The van der Waals surface area contributed by atoms with E-state index in [1.54, 1.807) is 0 Å². The summed E-state index contributed by atoms with van der Waals surface area (Å²) in [6, 6.07) is 6.17. The Morgan fingerprint density at radius 3 is 2.94 bits per heavy atom. The summed E-state index contributed by atoms with van der Waals surface area (Å²) in [4.78, 5) is 0. The molecule has 4 nitrogen and oxygen atoms in total. The lowest BCUT2D eigenvalue weighted by atomic mass is 10.1. The van der Waals surface area contributed by atoms with Crippen molar-refractivity contribution in [3.63, 3.8) is 0 Å². The monoisotopic (exact) mass is 223 g/mol. The van der Waals surface area contributed by atoms with Crippen molar-refractivity contribution in [3.8, 4) is 11.5 Å². The molecule has 0 saturated heterocycles. The van der Waals surface area contributed by atoms with Gasteiger partial charge in [0.2, 0.25) is 6.79 Å². The van der Waals surface area contributed by atoms with E-state index in [9.17, 15) is 0 Å². The minimum Gasteiger partial charge on any atom is -0.454 e. The molecule has 1 heterocycles. The van der Waals surface area contributed by atoms with Gasteiger partial charge in [-0.15, -0.1) is 0 Å². The maximum Gasteiger partial charge on any atom is 0.231 e. The molecule has 0 aliphatic carbocycles. The zero-order valence-corrected chi connectivity index (χ0v) is 9.66. The van der Waals surface area contributed by atoms with E-state index >= 15 is 0 Å². The van der Waals surface area contributed by atoms with E-state index in [2.05, 4.69) is 5.32 Å². The number of ether oxygens (including phenoxy) is 3. The van der Waals surface area contributed by atoms with E-state index in [1.807, 2.05) is 32.2 Å². The maximum atomic E-state index is 5.43. The molecule has 1 aliphatic heterocycles. The largest absolute Gasteiger partial charge is 0.454 e. The fourth-order valence-corrected chi connectivity index (χ4v) is 1.71. The Balaban J connectivity index is 2.12. The van der Waals surface area contributed by atoms with Crippen LogP contribution in [0.5, 0.6) is 11.5 Å². The summed E-state index contributed by atoms with van der Waals surface area (Å²) in [5.41, 5.74) is 1.15. The summed E-state index contributed by atoms with van der Waals surface area (Å²) >= 11 is 0. The molecule has 0 amide bonds. The molecule has 1 N–H and O–H groups in total. The van der Waals surface area contributed by atoms with Crippen molar-refractivity contribution in [3.05, 3.63) is 23.8 Å².